The van der Waals surface area contributed by atoms with Gasteiger partial charge in [-0.2, -0.15) is 5.10 Å². The van der Waals surface area contributed by atoms with Gasteiger partial charge in [-0.15, -0.1) is 0 Å². The third kappa shape index (κ3) is 6.00. The summed E-state index contributed by atoms with van der Waals surface area (Å²) in [5, 5.41) is 15.1. The molecule has 0 aliphatic carbocycles. The first-order chi connectivity index (χ1) is 13.5. The van der Waals surface area contributed by atoms with Crippen molar-refractivity contribution in [2.45, 2.75) is 13.8 Å². The molecule has 2 aromatic carbocycles. The Bertz CT molecular complexity index is 1070. The first-order valence-corrected chi connectivity index (χ1v) is 10.5. The summed E-state index contributed by atoms with van der Waals surface area (Å²) in [4.78, 5) is 22.5. The van der Waals surface area contributed by atoms with E-state index in [2.05, 4.69) is 10.5 Å². The zero-order valence-corrected chi connectivity index (χ0v) is 17.5. The number of nitro groups is 1. The van der Waals surface area contributed by atoms with Crippen LogP contribution in [-0.2, 0) is 14.8 Å². The highest BCUT2D eigenvalue weighted by atomic mass is 35.5. The first-order valence-electron chi connectivity index (χ1n) is 8.31. The standard InChI is InChI=1S/C18H19ClN4O5S/c1-12-10-15(19)6-9-17(12)22(29(3,27)28)11-18(24)21-20-13(2)14-4-7-16(8-5-14)23(25)26/h4-10H,11H2,1-3H3,(H,21,24)/b20-13-. The van der Waals surface area contributed by atoms with Gasteiger partial charge in [0, 0.05) is 17.2 Å². The van der Waals surface area contributed by atoms with Gasteiger partial charge in [0.2, 0.25) is 10.0 Å². The molecule has 9 nitrogen and oxygen atoms in total. The predicted molar refractivity (Wildman–Crippen MR) is 112 cm³/mol. The van der Waals surface area contributed by atoms with E-state index in [1.165, 1.54) is 36.4 Å². The Morgan fingerprint density at radius 3 is 2.38 bits per heavy atom. The number of rotatable bonds is 7. The van der Waals surface area contributed by atoms with Gasteiger partial charge in [0.15, 0.2) is 0 Å². The van der Waals surface area contributed by atoms with Crippen LogP contribution in [0.4, 0.5) is 11.4 Å². The number of nitro benzene ring substituents is 1. The molecular formula is C18H19ClN4O5S. The first kappa shape index (κ1) is 22.3. The van der Waals surface area contributed by atoms with E-state index < -0.39 is 27.4 Å². The minimum absolute atomic E-state index is 0.0623. The highest BCUT2D eigenvalue weighted by Crippen LogP contribution is 2.25. The van der Waals surface area contributed by atoms with Gasteiger partial charge in [-0.3, -0.25) is 19.2 Å². The molecule has 0 radical (unpaired) electrons. The summed E-state index contributed by atoms with van der Waals surface area (Å²) in [6.45, 7) is 2.83. The van der Waals surface area contributed by atoms with Gasteiger partial charge in [0.1, 0.15) is 6.54 Å². The Balaban J connectivity index is 2.15. The van der Waals surface area contributed by atoms with Gasteiger partial charge in [-0.25, -0.2) is 13.8 Å². The van der Waals surface area contributed by atoms with Crippen LogP contribution in [0.1, 0.15) is 18.1 Å². The molecule has 0 heterocycles. The molecule has 0 spiro atoms. The van der Waals surface area contributed by atoms with Crippen molar-refractivity contribution in [2.24, 2.45) is 5.10 Å². The number of anilines is 1. The summed E-state index contributed by atoms with van der Waals surface area (Å²) >= 11 is 5.91. The number of hydrogen-bond donors (Lipinski definition) is 1. The monoisotopic (exact) mass is 438 g/mol. The van der Waals surface area contributed by atoms with Crippen LogP contribution in [-0.4, -0.2) is 37.8 Å². The van der Waals surface area contributed by atoms with E-state index in [1.807, 2.05) is 0 Å². The lowest BCUT2D eigenvalue weighted by molar-refractivity contribution is -0.384. The highest BCUT2D eigenvalue weighted by molar-refractivity contribution is 7.92. The molecule has 1 N–H and O–H groups in total. The molecule has 0 saturated heterocycles. The second-order valence-corrected chi connectivity index (χ2v) is 8.58. The Morgan fingerprint density at radius 2 is 1.86 bits per heavy atom. The molecule has 0 aliphatic rings. The van der Waals surface area contributed by atoms with Crippen molar-refractivity contribution in [1.82, 2.24) is 5.43 Å². The number of hydrazone groups is 1. The Kier molecular flexibility index (Phi) is 6.93. The number of sulfonamides is 1. The number of nitrogens with one attached hydrogen (secondary N) is 1. The van der Waals surface area contributed by atoms with Crippen molar-refractivity contribution in [3.8, 4) is 0 Å². The van der Waals surface area contributed by atoms with Crippen molar-refractivity contribution < 1.29 is 18.1 Å². The Labute approximate surface area is 173 Å². The number of aryl methyl sites for hydroxylation is 1. The summed E-state index contributed by atoms with van der Waals surface area (Å²) in [6, 6.07) is 10.3. The van der Waals surface area contributed by atoms with Crippen LogP contribution in [0.25, 0.3) is 0 Å². The number of nitrogens with zero attached hydrogens (tertiary/aromatic N) is 3. The third-order valence-corrected chi connectivity index (χ3v) is 5.32. The maximum absolute atomic E-state index is 12.3. The largest absolute Gasteiger partial charge is 0.271 e. The zero-order chi connectivity index (χ0) is 21.8. The molecule has 1 amide bonds. The average molecular weight is 439 g/mol. The summed E-state index contributed by atoms with van der Waals surface area (Å²) in [6.07, 6.45) is 1.000. The maximum Gasteiger partial charge on any atom is 0.269 e. The minimum atomic E-state index is -3.73. The molecule has 0 unspecified atom stereocenters. The molecule has 29 heavy (non-hydrogen) atoms. The number of non-ortho nitro benzene ring substituents is 1. The fourth-order valence-corrected chi connectivity index (χ4v) is 3.62. The second-order valence-electron chi connectivity index (χ2n) is 6.24. The van der Waals surface area contributed by atoms with Gasteiger partial charge in [-0.1, -0.05) is 11.6 Å². The number of carbonyl (C=O) groups excluding carboxylic acids is 1. The van der Waals surface area contributed by atoms with Crippen molar-refractivity contribution in [1.29, 1.82) is 0 Å². The summed E-state index contributed by atoms with van der Waals surface area (Å²) in [7, 11) is -3.73. The molecule has 2 aromatic rings. The topological polar surface area (TPSA) is 122 Å². The molecule has 0 bridgehead atoms. The van der Waals surface area contributed by atoms with E-state index in [0.29, 0.717) is 27.5 Å². The predicted octanol–water partition coefficient (Wildman–Crippen LogP) is 2.86. The highest BCUT2D eigenvalue weighted by Gasteiger charge is 2.22. The van der Waals surface area contributed by atoms with E-state index in [1.54, 1.807) is 19.9 Å². The van der Waals surface area contributed by atoms with Crippen LogP contribution in [0.15, 0.2) is 47.6 Å². The summed E-state index contributed by atoms with van der Waals surface area (Å²) < 4.78 is 25.3. The quantitative estimate of drug-likeness (QED) is 0.404. The van der Waals surface area contributed by atoms with Crippen LogP contribution >= 0.6 is 11.6 Å². The minimum Gasteiger partial charge on any atom is -0.271 e. The van der Waals surface area contributed by atoms with Crippen molar-refractivity contribution in [3.05, 3.63) is 68.7 Å². The normalized spacial score (nSPS) is 11.8. The summed E-state index contributed by atoms with van der Waals surface area (Å²) in [5.74, 6) is -0.647. The number of halogens is 1. The van der Waals surface area contributed by atoms with Gasteiger partial charge in [-0.05, 0) is 55.3 Å². The van der Waals surface area contributed by atoms with E-state index in [9.17, 15) is 23.3 Å². The van der Waals surface area contributed by atoms with Crippen LogP contribution in [0.3, 0.4) is 0 Å². The molecule has 2 rings (SSSR count). The Morgan fingerprint density at radius 1 is 1.24 bits per heavy atom. The lowest BCUT2D eigenvalue weighted by Gasteiger charge is -2.23. The lowest BCUT2D eigenvalue weighted by atomic mass is 10.1. The number of benzene rings is 2. The van der Waals surface area contributed by atoms with Crippen LogP contribution in [0.2, 0.25) is 5.02 Å². The van der Waals surface area contributed by atoms with Crippen LogP contribution in [0, 0.1) is 17.0 Å². The number of hydrogen-bond acceptors (Lipinski definition) is 6. The zero-order valence-electron chi connectivity index (χ0n) is 15.9. The van der Waals surface area contributed by atoms with Crippen LogP contribution < -0.4 is 9.73 Å². The second kappa shape index (κ2) is 9.01. The van der Waals surface area contributed by atoms with Gasteiger partial charge >= 0.3 is 0 Å². The van der Waals surface area contributed by atoms with Crippen molar-refractivity contribution in [3.63, 3.8) is 0 Å². The SMILES string of the molecule is C/C(=N/NC(=O)CN(c1ccc(Cl)cc1C)S(C)(=O)=O)c1ccc([N+](=O)[O-])cc1. The number of amides is 1. The molecule has 0 aliphatic heterocycles. The van der Waals surface area contributed by atoms with Gasteiger partial charge in [0.25, 0.3) is 11.6 Å². The van der Waals surface area contributed by atoms with E-state index in [4.69, 9.17) is 11.6 Å². The third-order valence-electron chi connectivity index (χ3n) is 3.96. The number of carbonyl (C=O) groups is 1. The van der Waals surface area contributed by atoms with E-state index in [-0.39, 0.29) is 5.69 Å². The molecule has 0 aromatic heterocycles. The van der Waals surface area contributed by atoms with E-state index >= 15 is 0 Å². The fourth-order valence-electron chi connectivity index (χ4n) is 2.48. The molecule has 154 valence electrons. The smallest absolute Gasteiger partial charge is 0.269 e. The van der Waals surface area contributed by atoms with Crippen molar-refractivity contribution in [2.75, 3.05) is 17.1 Å². The van der Waals surface area contributed by atoms with Crippen molar-refractivity contribution >= 4 is 44.6 Å². The molecular weight excluding hydrogens is 420 g/mol. The maximum atomic E-state index is 12.3. The van der Waals surface area contributed by atoms with Gasteiger partial charge < -0.3 is 0 Å². The van der Waals surface area contributed by atoms with Gasteiger partial charge in [0.05, 0.1) is 22.6 Å². The molecule has 0 fully saturated rings. The Hall–Kier alpha value is -2.98. The van der Waals surface area contributed by atoms with Crippen LogP contribution in [0.5, 0.6) is 0 Å². The fraction of sp³-hybridized carbons (Fsp3) is 0.222. The molecule has 11 heteroatoms. The van der Waals surface area contributed by atoms with E-state index in [0.717, 1.165) is 10.6 Å². The summed E-state index contributed by atoms with van der Waals surface area (Å²) in [5.41, 5.74) is 4.15. The average Bonchev–Trinajstić information content (AvgIpc) is 2.64. The lowest BCUT2D eigenvalue weighted by Crippen LogP contribution is -2.39. The molecule has 0 saturated carbocycles. The molecule has 0 atom stereocenters.